The molecule has 0 unspecified atom stereocenters. The van der Waals surface area contributed by atoms with Crippen molar-refractivity contribution in [2.75, 3.05) is 11.8 Å². The molecule has 0 fully saturated rings. The summed E-state index contributed by atoms with van der Waals surface area (Å²) >= 11 is 15.5. The first-order chi connectivity index (χ1) is 9.33. The molecule has 0 aliphatic heterocycles. The molecule has 20 heavy (non-hydrogen) atoms. The number of ether oxygens (including phenoxy) is 1. The van der Waals surface area contributed by atoms with Gasteiger partial charge in [-0.15, -0.1) is 11.3 Å². The lowest BCUT2D eigenvalue weighted by Crippen LogP contribution is -2.14. The summed E-state index contributed by atoms with van der Waals surface area (Å²) in [6.07, 6.45) is 1.34. The van der Waals surface area contributed by atoms with Crippen molar-refractivity contribution >= 4 is 66.3 Å². The van der Waals surface area contributed by atoms with E-state index >= 15 is 0 Å². The molecule has 0 aliphatic rings. The molecule has 0 bridgehead atoms. The van der Waals surface area contributed by atoms with Gasteiger partial charge in [0, 0.05) is 0 Å². The van der Waals surface area contributed by atoms with Crippen molar-refractivity contribution in [3.63, 3.8) is 0 Å². The number of methoxy groups -OCH3 is 1. The lowest BCUT2D eigenvalue weighted by atomic mass is 10.6. The summed E-state index contributed by atoms with van der Waals surface area (Å²) in [6, 6.07) is 1.26. The van der Waals surface area contributed by atoms with Gasteiger partial charge in [-0.25, -0.2) is 18.4 Å². The summed E-state index contributed by atoms with van der Waals surface area (Å²) in [7, 11) is -2.50. The molecule has 2 heterocycles. The average molecular weight is 419 g/mol. The second-order valence-electron chi connectivity index (χ2n) is 3.34. The maximum absolute atomic E-state index is 12.2. The monoisotopic (exact) mass is 417 g/mol. The van der Waals surface area contributed by atoms with Crippen LogP contribution in [-0.2, 0) is 10.0 Å². The topological polar surface area (TPSA) is 81.2 Å². The van der Waals surface area contributed by atoms with Gasteiger partial charge in [-0.2, -0.15) is 0 Å². The van der Waals surface area contributed by atoms with Crippen molar-refractivity contribution < 1.29 is 13.2 Å². The SMILES string of the molecule is COc1nc(Br)cnc1NS(=O)(=O)c1cc(Cl)c(Cl)s1. The highest BCUT2D eigenvalue weighted by molar-refractivity contribution is 9.10. The Balaban J connectivity index is 2.38. The van der Waals surface area contributed by atoms with Crippen LogP contribution < -0.4 is 9.46 Å². The number of thiophene rings is 1. The molecule has 11 heteroatoms. The molecule has 0 atom stereocenters. The van der Waals surface area contributed by atoms with Gasteiger partial charge in [0.15, 0.2) is 0 Å². The van der Waals surface area contributed by atoms with Crippen molar-refractivity contribution in [1.29, 1.82) is 0 Å². The molecule has 2 rings (SSSR count). The van der Waals surface area contributed by atoms with E-state index in [9.17, 15) is 8.42 Å². The summed E-state index contributed by atoms with van der Waals surface area (Å²) < 4.78 is 32.1. The number of nitrogens with zero attached hydrogens (tertiary/aromatic N) is 2. The third-order valence-corrected chi connectivity index (χ3v) is 6.08. The van der Waals surface area contributed by atoms with Gasteiger partial charge < -0.3 is 4.74 Å². The number of hydrogen-bond acceptors (Lipinski definition) is 6. The van der Waals surface area contributed by atoms with E-state index in [1.165, 1.54) is 19.4 Å². The zero-order valence-corrected chi connectivity index (χ0v) is 14.5. The Hall–Kier alpha value is -0.610. The maximum atomic E-state index is 12.2. The van der Waals surface area contributed by atoms with Gasteiger partial charge in [-0.05, 0) is 22.0 Å². The third-order valence-electron chi connectivity index (χ3n) is 2.02. The molecule has 0 radical (unpaired) electrons. The van der Waals surface area contributed by atoms with E-state index in [1.807, 2.05) is 0 Å². The highest BCUT2D eigenvalue weighted by Gasteiger charge is 2.22. The van der Waals surface area contributed by atoms with Gasteiger partial charge in [-0.3, -0.25) is 4.72 Å². The van der Waals surface area contributed by atoms with E-state index in [2.05, 4.69) is 30.6 Å². The van der Waals surface area contributed by atoms with Crippen LogP contribution in [0.1, 0.15) is 0 Å². The van der Waals surface area contributed by atoms with E-state index in [-0.39, 0.29) is 25.3 Å². The Morgan fingerprint density at radius 2 is 2.15 bits per heavy atom. The van der Waals surface area contributed by atoms with Gasteiger partial charge in [0.1, 0.15) is 13.1 Å². The number of nitrogens with one attached hydrogen (secondary N) is 1. The molecule has 0 aromatic carbocycles. The summed E-state index contributed by atoms with van der Waals surface area (Å²) in [4.78, 5) is 7.85. The summed E-state index contributed by atoms with van der Waals surface area (Å²) in [5, 5.41) is 0.172. The fraction of sp³-hybridized carbons (Fsp3) is 0.111. The van der Waals surface area contributed by atoms with Crippen LogP contribution in [0.2, 0.25) is 9.36 Å². The molecule has 0 saturated heterocycles. The van der Waals surface area contributed by atoms with E-state index < -0.39 is 10.0 Å². The zero-order valence-electron chi connectivity index (χ0n) is 9.72. The van der Waals surface area contributed by atoms with Gasteiger partial charge in [0.2, 0.25) is 5.82 Å². The van der Waals surface area contributed by atoms with Crippen molar-refractivity contribution in [2.45, 2.75) is 4.21 Å². The smallest absolute Gasteiger partial charge is 0.272 e. The maximum Gasteiger partial charge on any atom is 0.272 e. The van der Waals surface area contributed by atoms with Crippen LogP contribution in [0.15, 0.2) is 21.1 Å². The first-order valence-corrected chi connectivity index (χ1v) is 8.72. The molecule has 2 aromatic heterocycles. The number of hydrogen-bond donors (Lipinski definition) is 1. The number of rotatable bonds is 4. The minimum absolute atomic E-state index is 0.0285. The highest BCUT2D eigenvalue weighted by Crippen LogP contribution is 2.35. The fourth-order valence-electron chi connectivity index (χ4n) is 1.20. The molecular weight excluding hydrogens is 413 g/mol. The largest absolute Gasteiger partial charge is 0.478 e. The molecule has 6 nitrogen and oxygen atoms in total. The first-order valence-electron chi connectivity index (χ1n) is 4.87. The summed E-state index contributed by atoms with van der Waals surface area (Å²) in [5.74, 6) is 0.00745. The Kier molecular flexibility index (Phi) is 4.75. The minimum atomic E-state index is -3.86. The van der Waals surface area contributed by atoms with Crippen LogP contribution in [0.5, 0.6) is 5.88 Å². The Bertz CT molecular complexity index is 731. The molecular formula is C9H6BrCl2N3O3S2. The average Bonchev–Trinajstić information content (AvgIpc) is 2.72. The second-order valence-corrected chi connectivity index (χ2v) is 8.13. The van der Waals surface area contributed by atoms with Crippen LogP contribution in [0.3, 0.4) is 0 Å². The van der Waals surface area contributed by atoms with Crippen molar-refractivity contribution in [3.8, 4) is 5.88 Å². The van der Waals surface area contributed by atoms with Gasteiger partial charge >= 0.3 is 0 Å². The van der Waals surface area contributed by atoms with E-state index in [4.69, 9.17) is 27.9 Å². The Labute approximate surface area is 137 Å². The molecule has 0 aliphatic carbocycles. The van der Waals surface area contributed by atoms with Crippen LogP contribution in [0, 0.1) is 0 Å². The van der Waals surface area contributed by atoms with E-state index in [0.29, 0.717) is 4.60 Å². The normalized spacial score (nSPS) is 11.4. The highest BCUT2D eigenvalue weighted by atomic mass is 79.9. The third kappa shape index (κ3) is 3.34. The van der Waals surface area contributed by atoms with E-state index in [0.717, 1.165) is 11.3 Å². The standard InChI is InChI=1S/C9H6BrCl2N3O3S2/c1-18-9-8(13-3-5(10)14-9)15-20(16,17)6-2-4(11)7(12)19-6/h2-3H,1H3,(H,13,15). The summed E-state index contributed by atoms with van der Waals surface area (Å²) in [6.45, 7) is 0. The first kappa shape index (κ1) is 15.8. The second kappa shape index (κ2) is 6.02. The Morgan fingerprint density at radius 1 is 1.45 bits per heavy atom. The molecule has 0 saturated carbocycles. The van der Waals surface area contributed by atoms with Crippen LogP contribution in [-0.4, -0.2) is 25.5 Å². The molecule has 108 valence electrons. The Morgan fingerprint density at radius 3 is 2.70 bits per heavy atom. The van der Waals surface area contributed by atoms with Gasteiger partial charge in [-0.1, -0.05) is 23.2 Å². The number of anilines is 1. The lowest BCUT2D eigenvalue weighted by Gasteiger charge is -2.08. The van der Waals surface area contributed by atoms with Crippen LogP contribution in [0.4, 0.5) is 5.82 Å². The van der Waals surface area contributed by atoms with Crippen LogP contribution >= 0.6 is 50.5 Å². The molecule has 1 N–H and O–H groups in total. The number of aromatic nitrogens is 2. The predicted octanol–water partition coefficient (Wildman–Crippen LogP) is 3.42. The van der Waals surface area contributed by atoms with Crippen molar-refractivity contribution in [2.24, 2.45) is 0 Å². The quantitative estimate of drug-likeness (QED) is 0.822. The van der Waals surface area contributed by atoms with E-state index in [1.54, 1.807) is 0 Å². The van der Waals surface area contributed by atoms with Crippen LogP contribution in [0.25, 0.3) is 0 Å². The van der Waals surface area contributed by atoms with Crippen molar-refractivity contribution in [1.82, 2.24) is 9.97 Å². The predicted molar refractivity (Wildman–Crippen MR) is 81.4 cm³/mol. The number of halogens is 3. The molecule has 2 aromatic rings. The zero-order chi connectivity index (χ0) is 14.9. The summed E-state index contributed by atoms with van der Waals surface area (Å²) in [5.41, 5.74) is 0. The van der Waals surface area contributed by atoms with Gasteiger partial charge in [0.05, 0.1) is 18.3 Å². The lowest BCUT2D eigenvalue weighted by molar-refractivity contribution is 0.397. The molecule has 0 spiro atoms. The fourth-order valence-corrected chi connectivity index (χ4v) is 4.35. The van der Waals surface area contributed by atoms with Crippen molar-refractivity contribution in [3.05, 3.63) is 26.2 Å². The number of sulfonamides is 1. The minimum Gasteiger partial charge on any atom is -0.478 e. The molecule has 0 amide bonds. The van der Waals surface area contributed by atoms with Gasteiger partial charge in [0.25, 0.3) is 15.9 Å².